The van der Waals surface area contributed by atoms with Gasteiger partial charge in [-0.05, 0) is 36.4 Å². The zero-order chi connectivity index (χ0) is 16.9. The van der Waals surface area contributed by atoms with E-state index in [1.54, 1.807) is 23.6 Å². The third-order valence-electron chi connectivity index (χ3n) is 3.64. The van der Waals surface area contributed by atoms with Crippen LogP contribution in [0.1, 0.15) is 29.6 Å². The van der Waals surface area contributed by atoms with Crippen molar-refractivity contribution in [3.05, 3.63) is 46.4 Å². The molecule has 1 heterocycles. The van der Waals surface area contributed by atoms with E-state index in [0.717, 1.165) is 12.8 Å². The largest absolute Gasteiger partial charge is 0.381 e. The van der Waals surface area contributed by atoms with Gasteiger partial charge >= 0.3 is 0 Å². The number of amides is 2. The summed E-state index contributed by atoms with van der Waals surface area (Å²) in [5.41, 5.74) is 1.33. The molecule has 3 N–H and O–H groups in total. The van der Waals surface area contributed by atoms with Crippen molar-refractivity contribution in [2.24, 2.45) is 0 Å². The highest BCUT2D eigenvalue weighted by Crippen LogP contribution is 2.31. The molecule has 1 fully saturated rings. The van der Waals surface area contributed by atoms with Crippen molar-refractivity contribution in [3.8, 4) is 0 Å². The molecule has 126 valence electrons. The first kappa shape index (κ1) is 16.4. The van der Waals surface area contributed by atoms with Crippen LogP contribution in [-0.4, -0.2) is 24.4 Å². The maximum atomic E-state index is 14.0. The van der Waals surface area contributed by atoms with E-state index >= 15 is 0 Å². The Bertz CT molecular complexity index is 729. The average molecular weight is 347 g/mol. The standard InChI is InChI=1S/C17H18FN3O2S/c18-13-2-1-3-14(20-12-4-5-12)16(13)21-15(22)6-8-19-17(23)11-7-9-24-10-11/h1-3,7,9-10,12,20H,4-6,8H2,(H,19,23)(H,21,22). The van der Waals surface area contributed by atoms with Crippen LogP contribution < -0.4 is 16.0 Å². The van der Waals surface area contributed by atoms with Crippen LogP contribution in [0.4, 0.5) is 15.8 Å². The summed E-state index contributed by atoms with van der Waals surface area (Å²) in [5.74, 6) is -1.04. The molecule has 0 spiro atoms. The molecule has 1 aromatic heterocycles. The lowest BCUT2D eigenvalue weighted by Gasteiger charge is -2.13. The van der Waals surface area contributed by atoms with Crippen LogP contribution in [0, 0.1) is 5.82 Å². The minimum absolute atomic E-state index is 0.0765. The molecule has 1 aromatic carbocycles. The summed E-state index contributed by atoms with van der Waals surface area (Å²) in [6, 6.07) is 6.74. The lowest BCUT2D eigenvalue weighted by molar-refractivity contribution is -0.116. The Morgan fingerprint density at radius 2 is 2.08 bits per heavy atom. The topological polar surface area (TPSA) is 70.2 Å². The molecule has 1 aliphatic rings. The molecule has 5 nitrogen and oxygen atoms in total. The van der Waals surface area contributed by atoms with Crippen LogP contribution in [0.3, 0.4) is 0 Å². The second-order valence-corrected chi connectivity index (χ2v) is 6.43. The molecule has 2 aromatic rings. The van der Waals surface area contributed by atoms with Gasteiger partial charge in [-0.25, -0.2) is 4.39 Å². The van der Waals surface area contributed by atoms with Crippen LogP contribution in [0.25, 0.3) is 0 Å². The molecule has 1 aliphatic carbocycles. The zero-order valence-corrected chi connectivity index (χ0v) is 13.8. The molecular formula is C17H18FN3O2S. The molecule has 7 heteroatoms. The van der Waals surface area contributed by atoms with Crippen LogP contribution in [0.5, 0.6) is 0 Å². The van der Waals surface area contributed by atoms with Gasteiger partial charge in [0, 0.05) is 30.0 Å². The SMILES string of the molecule is O=C(CCNC(=O)c1ccsc1)Nc1c(F)cccc1NC1CC1. The number of hydrogen-bond acceptors (Lipinski definition) is 4. The number of thiophene rings is 1. The molecule has 0 radical (unpaired) electrons. The van der Waals surface area contributed by atoms with Crippen molar-refractivity contribution in [2.75, 3.05) is 17.2 Å². The monoisotopic (exact) mass is 347 g/mol. The van der Waals surface area contributed by atoms with Gasteiger partial charge in [0.05, 0.1) is 5.69 Å². The molecule has 0 aliphatic heterocycles. The lowest BCUT2D eigenvalue weighted by atomic mass is 10.2. The maximum absolute atomic E-state index is 14.0. The number of rotatable bonds is 7. The van der Waals surface area contributed by atoms with E-state index in [9.17, 15) is 14.0 Å². The molecule has 0 unspecified atom stereocenters. The molecule has 1 saturated carbocycles. The first-order valence-corrected chi connectivity index (χ1v) is 8.73. The van der Waals surface area contributed by atoms with Crippen LogP contribution in [-0.2, 0) is 4.79 Å². The van der Waals surface area contributed by atoms with E-state index in [0.29, 0.717) is 17.3 Å². The predicted molar refractivity (Wildman–Crippen MR) is 92.9 cm³/mol. The Labute approximate surface area is 143 Å². The Kier molecular flexibility index (Phi) is 5.10. The molecule has 3 rings (SSSR count). The number of benzene rings is 1. The molecule has 0 atom stereocenters. The maximum Gasteiger partial charge on any atom is 0.252 e. The van der Waals surface area contributed by atoms with Gasteiger partial charge in [-0.3, -0.25) is 9.59 Å². The fraction of sp³-hybridized carbons (Fsp3) is 0.294. The molecule has 2 amide bonds. The summed E-state index contributed by atoms with van der Waals surface area (Å²) in [7, 11) is 0. The number of hydrogen-bond donors (Lipinski definition) is 3. The highest BCUT2D eigenvalue weighted by Gasteiger charge is 2.23. The Morgan fingerprint density at radius 3 is 2.79 bits per heavy atom. The third kappa shape index (κ3) is 4.32. The van der Waals surface area contributed by atoms with Crippen LogP contribution in [0.2, 0.25) is 0 Å². The number of halogens is 1. The van der Waals surface area contributed by atoms with Crippen molar-refractivity contribution in [3.63, 3.8) is 0 Å². The van der Waals surface area contributed by atoms with Crippen molar-refractivity contribution in [2.45, 2.75) is 25.3 Å². The van der Waals surface area contributed by atoms with Gasteiger partial charge in [-0.15, -0.1) is 0 Å². The highest BCUT2D eigenvalue weighted by atomic mass is 32.1. The van der Waals surface area contributed by atoms with E-state index in [4.69, 9.17) is 0 Å². The first-order valence-electron chi connectivity index (χ1n) is 7.79. The fourth-order valence-electron chi connectivity index (χ4n) is 2.21. The summed E-state index contributed by atoms with van der Waals surface area (Å²) in [4.78, 5) is 23.8. The third-order valence-corrected chi connectivity index (χ3v) is 4.32. The van der Waals surface area contributed by atoms with Gasteiger partial charge in [-0.1, -0.05) is 6.07 Å². The van der Waals surface area contributed by atoms with Gasteiger partial charge in [0.1, 0.15) is 11.5 Å². The average Bonchev–Trinajstić information content (AvgIpc) is 3.20. The molecule has 24 heavy (non-hydrogen) atoms. The second kappa shape index (κ2) is 7.44. The van der Waals surface area contributed by atoms with E-state index in [1.807, 2.05) is 5.38 Å². The van der Waals surface area contributed by atoms with Crippen LogP contribution in [0.15, 0.2) is 35.0 Å². The van der Waals surface area contributed by atoms with Gasteiger partial charge in [0.25, 0.3) is 5.91 Å². The zero-order valence-electron chi connectivity index (χ0n) is 13.0. The van der Waals surface area contributed by atoms with Gasteiger partial charge in [0.2, 0.25) is 5.91 Å². The Hall–Kier alpha value is -2.41. The number of nitrogens with one attached hydrogen (secondary N) is 3. The summed E-state index contributed by atoms with van der Waals surface area (Å²) < 4.78 is 14.0. The number of anilines is 2. The van der Waals surface area contributed by atoms with Gasteiger partial charge < -0.3 is 16.0 Å². The predicted octanol–water partition coefficient (Wildman–Crippen LogP) is 3.22. The van der Waals surface area contributed by atoms with E-state index < -0.39 is 5.82 Å². The Morgan fingerprint density at radius 1 is 1.25 bits per heavy atom. The minimum Gasteiger partial charge on any atom is -0.381 e. The highest BCUT2D eigenvalue weighted by molar-refractivity contribution is 7.08. The summed E-state index contributed by atoms with van der Waals surface area (Å²) in [6.07, 6.45) is 2.18. The van der Waals surface area contributed by atoms with Crippen molar-refractivity contribution in [1.82, 2.24) is 5.32 Å². The molecular weight excluding hydrogens is 329 g/mol. The van der Waals surface area contributed by atoms with Crippen LogP contribution >= 0.6 is 11.3 Å². The Balaban J connectivity index is 1.52. The summed E-state index contributed by atoms with van der Waals surface area (Å²) in [5, 5.41) is 12.0. The van der Waals surface area contributed by atoms with E-state index in [2.05, 4.69) is 16.0 Å². The van der Waals surface area contributed by atoms with Gasteiger partial charge in [-0.2, -0.15) is 11.3 Å². The second-order valence-electron chi connectivity index (χ2n) is 5.65. The smallest absolute Gasteiger partial charge is 0.252 e. The molecule has 0 bridgehead atoms. The summed E-state index contributed by atoms with van der Waals surface area (Å²) >= 11 is 1.43. The lowest BCUT2D eigenvalue weighted by Crippen LogP contribution is -2.27. The van der Waals surface area contributed by atoms with E-state index in [-0.39, 0.29) is 30.5 Å². The van der Waals surface area contributed by atoms with Crippen molar-refractivity contribution < 1.29 is 14.0 Å². The van der Waals surface area contributed by atoms with Crippen molar-refractivity contribution in [1.29, 1.82) is 0 Å². The number of para-hydroxylation sites is 1. The minimum atomic E-state index is -0.476. The summed E-state index contributed by atoms with van der Waals surface area (Å²) in [6.45, 7) is 0.195. The quantitative estimate of drug-likeness (QED) is 0.720. The normalized spacial score (nSPS) is 13.4. The fourth-order valence-corrected chi connectivity index (χ4v) is 2.84. The molecule has 0 saturated heterocycles. The first-order chi connectivity index (χ1) is 11.6. The van der Waals surface area contributed by atoms with Crippen molar-refractivity contribution >= 4 is 34.5 Å². The van der Waals surface area contributed by atoms with Gasteiger partial charge in [0.15, 0.2) is 0 Å². The van der Waals surface area contributed by atoms with E-state index in [1.165, 1.54) is 17.4 Å². The number of carbonyl (C=O) groups is 2. The number of carbonyl (C=O) groups excluding carboxylic acids is 2.